The first kappa shape index (κ1) is 85.2. The molecule has 12 aromatic rings. The molecule has 0 saturated carbocycles. The number of rotatable bonds is 17. The van der Waals surface area contributed by atoms with Crippen molar-refractivity contribution in [3.05, 3.63) is 143 Å². The largest absolute Gasteiger partial charge is 0.405 e. The third-order valence-corrected chi connectivity index (χ3v) is 19.8. The van der Waals surface area contributed by atoms with E-state index < -0.39 is 117 Å². The van der Waals surface area contributed by atoms with Crippen LogP contribution < -0.4 is 40.9 Å². The van der Waals surface area contributed by atoms with Crippen molar-refractivity contribution in [2.24, 2.45) is 0 Å². The summed E-state index contributed by atoms with van der Waals surface area (Å²) in [6, 6.07) is 6.88. The Morgan fingerprint density at radius 3 is 1.19 bits per heavy atom. The van der Waals surface area contributed by atoms with E-state index in [4.69, 9.17) is 46.4 Å². The van der Waals surface area contributed by atoms with E-state index in [2.05, 4.69) is 85.1 Å². The molecule has 119 heavy (non-hydrogen) atoms. The maximum Gasteiger partial charge on any atom is 0.405 e. The lowest BCUT2D eigenvalue weighted by molar-refractivity contribution is -0.139. The summed E-state index contributed by atoms with van der Waals surface area (Å²) < 4.78 is 183. The summed E-state index contributed by atoms with van der Waals surface area (Å²) >= 11 is 24.1. The van der Waals surface area contributed by atoms with Gasteiger partial charge < -0.3 is 60.8 Å². The van der Waals surface area contributed by atoms with Crippen molar-refractivity contribution in [3.63, 3.8) is 0 Å². The summed E-state index contributed by atoms with van der Waals surface area (Å²) in [4.78, 5) is 118. The van der Waals surface area contributed by atoms with Crippen molar-refractivity contribution < 1.29 is 80.6 Å². The zero-order valence-electron chi connectivity index (χ0n) is 61.4. The third kappa shape index (κ3) is 20.6. The van der Waals surface area contributed by atoms with Crippen molar-refractivity contribution >= 4 is 137 Å². The minimum atomic E-state index is -4.66. The Bertz CT molecular complexity index is 5530. The van der Waals surface area contributed by atoms with Gasteiger partial charge in [-0.25, -0.2) is 81.8 Å². The van der Waals surface area contributed by atoms with Crippen LogP contribution in [-0.4, -0.2) is 217 Å². The highest BCUT2D eigenvalue weighted by atomic mass is 35.5. The molecule has 4 aliphatic heterocycles. The first-order valence-corrected chi connectivity index (χ1v) is 37.6. The molecular formula is C73H64Cl4F14N24O4. The molecule has 28 nitrogen and oxygen atoms in total. The number of H-pyrrole nitrogens is 4. The van der Waals surface area contributed by atoms with Crippen LogP contribution in [0, 0.1) is 5.82 Å². The summed E-state index contributed by atoms with van der Waals surface area (Å²) in [7, 11) is 0. The molecule has 46 heteroatoms. The monoisotopic (exact) mass is 1750 g/mol. The molecule has 16 rings (SSSR count). The van der Waals surface area contributed by atoms with Crippen molar-refractivity contribution in [1.29, 1.82) is 0 Å². The van der Waals surface area contributed by atoms with Crippen LogP contribution in [0.3, 0.4) is 0 Å². The normalized spacial score (nSPS) is 18.5. The van der Waals surface area contributed by atoms with E-state index in [1.54, 1.807) is 65.5 Å². The molecule has 4 fully saturated rings. The van der Waals surface area contributed by atoms with Crippen LogP contribution in [0.5, 0.6) is 0 Å². The van der Waals surface area contributed by atoms with Crippen molar-refractivity contribution in [3.8, 4) is 45.6 Å². The number of hydrogen-bond donors (Lipinski definition) is 8. The Labute approximate surface area is 682 Å². The highest BCUT2D eigenvalue weighted by molar-refractivity contribution is 6.32. The lowest BCUT2D eigenvalue weighted by Gasteiger charge is -2.25. The van der Waals surface area contributed by atoms with Gasteiger partial charge in [0.05, 0.1) is 45.9 Å². The number of halogens is 18. The number of aromatic nitrogens is 16. The quantitative estimate of drug-likeness (QED) is 0.0393. The van der Waals surface area contributed by atoms with E-state index in [1.807, 2.05) is 17.6 Å². The van der Waals surface area contributed by atoms with Crippen LogP contribution in [0.2, 0.25) is 20.1 Å². The smallest absolute Gasteiger partial charge is 0.354 e. The van der Waals surface area contributed by atoms with Crippen molar-refractivity contribution in [2.45, 2.75) is 106 Å². The Kier molecular flexibility index (Phi) is 25.4. The van der Waals surface area contributed by atoms with Crippen LogP contribution in [0.15, 0.2) is 117 Å². The second kappa shape index (κ2) is 35.5. The lowest BCUT2D eigenvalue weighted by Crippen LogP contribution is -2.46. The van der Waals surface area contributed by atoms with Crippen LogP contribution in [-0.2, 0) is 19.2 Å². The van der Waals surface area contributed by atoms with Crippen LogP contribution in [0.1, 0.15) is 45.4 Å². The third-order valence-electron chi connectivity index (χ3n) is 18.9. The maximum atomic E-state index is 14.6. The van der Waals surface area contributed by atoms with Gasteiger partial charge in [0.15, 0.2) is 34.9 Å². The summed E-state index contributed by atoms with van der Waals surface area (Å²) in [5.74, 6) is -5.23. The Morgan fingerprint density at radius 2 is 0.824 bits per heavy atom. The summed E-state index contributed by atoms with van der Waals surface area (Å²) in [5, 5.41) is 12.6. The van der Waals surface area contributed by atoms with Gasteiger partial charge in [-0.15, -0.1) is 0 Å². The predicted octanol–water partition coefficient (Wildman–Crippen LogP) is 13.4. The highest BCUT2D eigenvalue weighted by Gasteiger charge is 2.50. The number of fused-ring (bicyclic) bond motifs is 4. The number of carbonyl (C=O) groups is 4. The van der Waals surface area contributed by atoms with Gasteiger partial charge in [-0.3, -0.25) is 19.2 Å². The molecule has 0 unspecified atom stereocenters. The second-order valence-corrected chi connectivity index (χ2v) is 29.2. The first-order valence-electron chi connectivity index (χ1n) is 36.1. The molecule has 0 radical (unpaired) electrons. The number of nitrogens with zero attached hydrogens (tertiary/aromatic N) is 16. The molecule has 0 spiro atoms. The lowest BCUT2D eigenvalue weighted by atomic mass is 10.1. The first-order chi connectivity index (χ1) is 56.5. The van der Waals surface area contributed by atoms with Gasteiger partial charge in [-0.2, -0.15) is 39.5 Å². The minimum absolute atomic E-state index is 0.0151. The van der Waals surface area contributed by atoms with Gasteiger partial charge >= 0.3 is 18.5 Å². The molecule has 8 N–H and O–H groups in total. The number of anilines is 4. The second-order valence-electron chi connectivity index (χ2n) is 27.4. The molecule has 16 heterocycles. The number of hydrogen-bond acceptors (Lipinski definition) is 20. The van der Waals surface area contributed by atoms with Crippen molar-refractivity contribution in [1.82, 2.24) is 101 Å². The van der Waals surface area contributed by atoms with Gasteiger partial charge in [0, 0.05) is 144 Å². The molecule has 0 aliphatic carbocycles. The summed E-state index contributed by atoms with van der Waals surface area (Å²) in [6.45, 7) is -2.61. The standard InChI is InChI=1S/C19H20ClFN6O.C18H14ClF5N6O.2C18H15ClF4N6O/c1-2-5-22-19(28)15-4-3-6-27(15)18-14(21)10-25-17(26-18)13-9-24-16-12(13)7-11(20)8-23-16;19-9-3-10-11(6-27-14(10)26-5-9)15-25-2-1-13(29-15)30-8-17(20,21)4-12(30)16(31)28-7-18(22,23)24;2*19-9-3-11-12(6-26-15(11)25-5-9)16-24-2-1-14(28-16)29-7-10(20)4-13(29)17(30)27-8-18(21,22)23/h7-10,15H,2-6H2,1H3,(H,22,28)(H,23,24);1-3,5-6,12H,4,7-8H2,(H,26,27)(H,28,31);2*1-3,5-6,10,13H,4,7-8H2,(H,25,26)(H,27,30)/t15-;12-;2*10-,13+/m1100/s1. The number of nitrogens with one attached hydrogen (secondary N) is 8. The highest BCUT2D eigenvalue weighted by Crippen LogP contribution is 2.39. The van der Waals surface area contributed by atoms with E-state index in [0.29, 0.717) is 106 Å². The van der Waals surface area contributed by atoms with Crippen LogP contribution in [0.4, 0.5) is 84.7 Å². The van der Waals surface area contributed by atoms with Crippen LogP contribution in [0.25, 0.3) is 89.7 Å². The fourth-order valence-corrected chi connectivity index (χ4v) is 14.3. The maximum absolute atomic E-state index is 14.6. The summed E-state index contributed by atoms with van der Waals surface area (Å²) in [5.41, 5.74) is 4.65. The molecule has 0 bridgehead atoms. The number of alkyl halides is 13. The molecule has 4 amide bonds. The average Bonchev–Trinajstić information content (AvgIpc) is 1.53. The van der Waals surface area contributed by atoms with Gasteiger partial charge in [-0.1, -0.05) is 53.3 Å². The minimum Gasteiger partial charge on any atom is -0.354 e. The SMILES string of the molecule is CCCNC(=O)[C@H]1CCCN1c1nc(-c2c[nH]c3ncc(Cl)cc23)ncc1F.O=C(NCC(F)(F)F)[C@H]1CC(F)(F)CN1c1ccnc(-c2c[nH]c3ncc(Cl)cc23)n1.O=C(NCC(F)(F)F)[C@H]1C[C@H](F)CN1c1ccnc(-c2c[nH]c3ncc(Cl)cc23)n1.O=C(NCC(F)(F)F)[C@H]1C[C@H](F)CN1c1ccnc(-c2c[nH]c3ncc(Cl)cc23)n1. The van der Waals surface area contributed by atoms with Gasteiger partial charge in [0.1, 0.15) is 96.2 Å². The van der Waals surface area contributed by atoms with Gasteiger partial charge in [-0.05, 0) is 61.7 Å². The number of carbonyl (C=O) groups excluding carboxylic acids is 4. The Morgan fingerprint density at radius 1 is 0.471 bits per heavy atom. The molecular weight excluding hydrogens is 1680 g/mol. The molecule has 0 aromatic carbocycles. The van der Waals surface area contributed by atoms with Gasteiger partial charge in [0.25, 0.3) is 5.92 Å². The molecule has 4 saturated heterocycles. The number of aromatic amines is 4. The van der Waals surface area contributed by atoms with E-state index in [-0.39, 0.29) is 72.6 Å². The summed E-state index contributed by atoms with van der Waals surface area (Å²) in [6.07, 6.45) is 2.28. The number of amides is 4. The Balaban J connectivity index is 0.000000137. The van der Waals surface area contributed by atoms with Crippen molar-refractivity contribution in [2.75, 3.05) is 72.0 Å². The van der Waals surface area contributed by atoms with E-state index >= 15 is 0 Å². The fraction of sp³-hybridized carbons (Fsp3) is 0.342. The average molecular weight is 1750 g/mol. The predicted molar refractivity (Wildman–Crippen MR) is 411 cm³/mol. The molecule has 4 aliphatic rings. The molecule has 626 valence electrons. The van der Waals surface area contributed by atoms with E-state index in [9.17, 15) is 80.6 Å². The van der Waals surface area contributed by atoms with E-state index in [1.165, 1.54) is 65.2 Å². The molecule has 12 aromatic heterocycles. The number of pyridine rings is 4. The molecule has 6 atom stereocenters. The zero-order valence-corrected chi connectivity index (χ0v) is 64.4. The van der Waals surface area contributed by atoms with E-state index in [0.717, 1.165) is 29.3 Å². The van der Waals surface area contributed by atoms with Crippen LogP contribution >= 0.6 is 46.4 Å². The zero-order chi connectivity index (χ0) is 85.0. The fourth-order valence-electron chi connectivity index (χ4n) is 13.7. The Hall–Kier alpha value is -11.7. The topological polar surface area (TPSA) is 347 Å². The van der Waals surface area contributed by atoms with Gasteiger partial charge in [0.2, 0.25) is 23.6 Å².